The van der Waals surface area contributed by atoms with E-state index < -0.39 is 11.6 Å². The molecule has 0 spiro atoms. The molecule has 2 aliphatic heterocycles. The van der Waals surface area contributed by atoms with E-state index in [1.165, 1.54) is 24.3 Å². The Balaban J connectivity index is 1.43. The minimum Gasteiger partial charge on any atom is -0.486 e. The van der Waals surface area contributed by atoms with Crippen molar-refractivity contribution < 1.29 is 22.7 Å². The van der Waals surface area contributed by atoms with Crippen LogP contribution in [0.5, 0.6) is 5.75 Å². The summed E-state index contributed by atoms with van der Waals surface area (Å²) in [5.74, 6) is -1.41. The Hall–Kier alpha value is -3.32. The first-order valence-electron chi connectivity index (χ1n) is 10.4. The van der Waals surface area contributed by atoms with Crippen molar-refractivity contribution in [2.24, 2.45) is 0 Å². The Morgan fingerprint density at radius 1 is 0.938 bits per heavy atom. The Kier molecular flexibility index (Phi) is 5.13. The molecule has 1 saturated heterocycles. The Morgan fingerprint density at radius 3 is 2.50 bits per heavy atom. The van der Waals surface area contributed by atoms with Gasteiger partial charge in [0.25, 0.3) is 5.91 Å². The summed E-state index contributed by atoms with van der Waals surface area (Å²) in [4.78, 5) is 16.9. The standard InChI is InChI=1S/C25H21F3N2O2/c1-29-22-13-30(12-15-3-2-4-17(26)9-15)14-24(22)32-23-10-16(5-7-20(23)25(29)31)19-8-6-18(27)11-21(19)28/h2-11,22,24H,12-14H2,1H3. The van der Waals surface area contributed by atoms with Gasteiger partial charge in [0, 0.05) is 38.3 Å². The van der Waals surface area contributed by atoms with Crippen molar-refractivity contribution in [1.82, 2.24) is 9.80 Å². The highest BCUT2D eigenvalue weighted by Crippen LogP contribution is 2.35. The molecule has 3 aromatic rings. The van der Waals surface area contributed by atoms with Gasteiger partial charge in [-0.15, -0.1) is 0 Å². The number of rotatable bonds is 3. The van der Waals surface area contributed by atoms with Crippen LogP contribution in [0.3, 0.4) is 0 Å². The van der Waals surface area contributed by atoms with E-state index in [2.05, 4.69) is 4.90 Å². The second-order valence-corrected chi connectivity index (χ2v) is 8.30. The highest BCUT2D eigenvalue weighted by molar-refractivity contribution is 5.98. The number of benzene rings is 3. The van der Waals surface area contributed by atoms with E-state index in [1.807, 2.05) is 6.07 Å². The largest absolute Gasteiger partial charge is 0.486 e. The van der Waals surface area contributed by atoms with Gasteiger partial charge in [0.2, 0.25) is 0 Å². The van der Waals surface area contributed by atoms with Crippen LogP contribution in [0.2, 0.25) is 0 Å². The average molecular weight is 438 g/mol. The minimum atomic E-state index is -0.679. The minimum absolute atomic E-state index is 0.172. The molecule has 0 radical (unpaired) electrons. The number of hydrogen-bond donors (Lipinski definition) is 0. The summed E-state index contributed by atoms with van der Waals surface area (Å²) in [6, 6.07) is 14.6. The lowest BCUT2D eigenvalue weighted by molar-refractivity contribution is 0.0682. The molecule has 1 amide bonds. The summed E-state index contributed by atoms with van der Waals surface area (Å²) in [7, 11) is 1.75. The van der Waals surface area contributed by atoms with Crippen molar-refractivity contribution in [3.63, 3.8) is 0 Å². The van der Waals surface area contributed by atoms with Gasteiger partial charge in [-0.05, 0) is 47.5 Å². The molecule has 0 aliphatic carbocycles. The molecule has 4 nitrogen and oxygen atoms in total. The number of likely N-dealkylation sites (tertiary alicyclic amines) is 1. The van der Waals surface area contributed by atoms with Crippen LogP contribution < -0.4 is 4.74 Å². The van der Waals surface area contributed by atoms with Crippen LogP contribution in [0.15, 0.2) is 60.7 Å². The van der Waals surface area contributed by atoms with E-state index in [0.717, 1.165) is 11.6 Å². The smallest absolute Gasteiger partial charge is 0.257 e. The van der Waals surface area contributed by atoms with E-state index in [9.17, 15) is 18.0 Å². The van der Waals surface area contributed by atoms with Crippen molar-refractivity contribution in [1.29, 1.82) is 0 Å². The third-order valence-corrected chi connectivity index (χ3v) is 6.16. The molecule has 0 N–H and O–H groups in total. The molecule has 1 fully saturated rings. The number of likely N-dealkylation sites (N-methyl/N-ethyl adjacent to an activating group) is 1. The van der Waals surface area contributed by atoms with Gasteiger partial charge in [0.15, 0.2) is 0 Å². The van der Waals surface area contributed by atoms with Gasteiger partial charge in [-0.2, -0.15) is 0 Å². The SMILES string of the molecule is CN1C(=O)c2ccc(-c3ccc(F)cc3F)cc2OC2CN(Cc3cccc(F)c3)CC21. The molecule has 2 heterocycles. The van der Waals surface area contributed by atoms with Crippen molar-refractivity contribution in [3.8, 4) is 16.9 Å². The quantitative estimate of drug-likeness (QED) is 0.604. The number of amides is 1. The van der Waals surface area contributed by atoms with Crippen molar-refractivity contribution >= 4 is 5.91 Å². The second-order valence-electron chi connectivity index (χ2n) is 8.30. The van der Waals surface area contributed by atoms with Crippen LogP contribution in [0.1, 0.15) is 15.9 Å². The highest BCUT2D eigenvalue weighted by atomic mass is 19.1. The zero-order valence-electron chi connectivity index (χ0n) is 17.4. The van der Waals surface area contributed by atoms with Crippen molar-refractivity contribution in [2.75, 3.05) is 20.1 Å². The predicted octanol–water partition coefficient (Wildman–Crippen LogP) is 4.49. The lowest BCUT2D eigenvalue weighted by Gasteiger charge is -2.25. The van der Waals surface area contributed by atoms with Crippen LogP contribution in [-0.2, 0) is 6.54 Å². The first-order valence-corrected chi connectivity index (χ1v) is 10.4. The zero-order chi connectivity index (χ0) is 22.4. The molecule has 2 aliphatic rings. The van der Waals surface area contributed by atoms with Crippen molar-refractivity contribution in [2.45, 2.75) is 18.7 Å². The van der Waals surface area contributed by atoms with E-state index in [0.29, 0.717) is 36.5 Å². The molecule has 3 aromatic carbocycles. The fourth-order valence-electron chi connectivity index (χ4n) is 4.53. The lowest BCUT2D eigenvalue weighted by Crippen LogP contribution is -2.44. The summed E-state index contributed by atoms with van der Waals surface area (Å²) in [5.41, 5.74) is 2.00. The average Bonchev–Trinajstić information content (AvgIpc) is 3.11. The summed E-state index contributed by atoms with van der Waals surface area (Å²) in [6.07, 6.45) is -0.285. The number of carbonyl (C=O) groups is 1. The molecule has 0 saturated carbocycles. The molecule has 2 atom stereocenters. The number of nitrogens with zero attached hydrogens (tertiary/aromatic N) is 2. The van der Waals surface area contributed by atoms with Crippen molar-refractivity contribution in [3.05, 3.63) is 89.2 Å². The monoisotopic (exact) mass is 438 g/mol. The van der Waals surface area contributed by atoms with E-state index >= 15 is 0 Å². The van der Waals surface area contributed by atoms with Gasteiger partial charge in [-0.25, -0.2) is 13.2 Å². The summed E-state index contributed by atoms with van der Waals surface area (Å²) >= 11 is 0. The summed E-state index contributed by atoms with van der Waals surface area (Å²) in [5, 5.41) is 0. The molecule has 0 bridgehead atoms. The maximum absolute atomic E-state index is 14.3. The normalized spacial score (nSPS) is 20.5. The second kappa shape index (κ2) is 7.98. The number of ether oxygens (including phenoxy) is 1. The van der Waals surface area contributed by atoms with Gasteiger partial charge < -0.3 is 9.64 Å². The van der Waals surface area contributed by atoms with E-state index in [4.69, 9.17) is 4.74 Å². The Morgan fingerprint density at radius 2 is 1.72 bits per heavy atom. The topological polar surface area (TPSA) is 32.8 Å². The van der Waals surface area contributed by atoms with Crippen LogP contribution in [0, 0.1) is 17.5 Å². The number of hydrogen-bond acceptors (Lipinski definition) is 3. The Bertz CT molecular complexity index is 1200. The Labute approximate surface area is 183 Å². The van der Waals surface area contributed by atoms with Gasteiger partial charge in [0.05, 0.1) is 11.6 Å². The van der Waals surface area contributed by atoms with Crippen LogP contribution in [-0.4, -0.2) is 48.0 Å². The fourth-order valence-corrected chi connectivity index (χ4v) is 4.53. The molecule has 32 heavy (non-hydrogen) atoms. The fraction of sp³-hybridized carbons (Fsp3) is 0.240. The van der Waals surface area contributed by atoms with Gasteiger partial charge >= 0.3 is 0 Å². The molecule has 2 unspecified atom stereocenters. The molecular formula is C25H21F3N2O2. The summed E-state index contributed by atoms with van der Waals surface area (Å²) in [6.45, 7) is 1.70. The third-order valence-electron chi connectivity index (χ3n) is 6.16. The molecule has 164 valence electrons. The molecule has 0 aromatic heterocycles. The first kappa shape index (κ1) is 20.6. The maximum Gasteiger partial charge on any atom is 0.257 e. The highest BCUT2D eigenvalue weighted by Gasteiger charge is 2.42. The van der Waals surface area contributed by atoms with E-state index in [-0.39, 0.29) is 29.4 Å². The third kappa shape index (κ3) is 3.73. The van der Waals surface area contributed by atoms with Crippen LogP contribution in [0.25, 0.3) is 11.1 Å². The number of halogens is 3. The summed E-state index contributed by atoms with van der Waals surface area (Å²) < 4.78 is 47.4. The van der Waals surface area contributed by atoms with Gasteiger partial charge in [-0.1, -0.05) is 18.2 Å². The maximum atomic E-state index is 14.3. The zero-order valence-corrected chi connectivity index (χ0v) is 17.4. The van der Waals surface area contributed by atoms with E-state index in [1.54, 1.807) is 36.2 Å². The number of fused-ring (bicyclic) bond motifs is 2. The molecule has 7 heteroatoms. The lowest BCUT2D eigenvalue weighted by atomic mass is 10.0. The van der Waals surface area contributed by atoms with Crippen LogP contribution >= 0.6 is 0 Å². The number of carbonyl (C=O) groups excluding carboxylic acids is 1. The predicted molar refractivity (Wildman–Crippen MR) is 114 cm³/mol. The van der Waals surface area contributed by atoms with Crippen LogP contribution in [0.4, 0.5) is 13.2 Å². The van der Waals surface area contributed by atoms with Gasteiger partial charge in [-0.3, -0.25) is 9.69 Å². The molecule has 5 rings (SSSR count). The molecular weight excluding hydrogens is 417 g/mol. The first-order chi connectivity index (χ1) is 15.4. The van der Waals surface area contributed by atoms with Gasteiger partial charge in [0.1, 0.15) is 29.3 Å².